The molecule has 0 radical (unpaired) electrons. The van der Waals surface area contributed by atoms with E-state index in [4.69, 9.17) is 9.47 Å². The number of carboxylic acids is 1. The highest BCUT2D eigenvalue weighted by Gasteiger charge is 2.20. The van der Waals surface area contributed by atoms with Crippen molar-refractivity contribution < 1.29 is 24.2 Å². The molecule has 1 aliphatic heterocycles. The van der Waals surface area contributed by atoms with Gasteiger partial charge >= 0.3 is 5.97 Å². The first-order valence-electron chi connectivity index (χ1n) is 6.65. The van der Waals surface area contributed by atoms with Crippen LogP contribution in [-0.4, -0.2) is 23.8 Å². The van der Waals surface area contributed by atoms with Crippen molar-refractivity contribution in [1.29, 1.82) is 0 Å². The molecule has 0 spiro atoms. The van der Waals surface area contributed by atoms with Gasteiger partial charge in [-0.25, -0.2) is 4.79 Å². The summed E-state index contributed by atoms with van der Waals surface area (Å²) in [5, 5.41) is 12.2. The molecule has 1 aromatic heterocycles. The minimum atomic E-state index is -1.06. The number of aryl methyl sites for hydroxylation is 1. The first kappa shape index (κ1) is 14.4. The van der Waals surface area contributed by atoms with Crippen LogP contribution in [0.3, 0.4) is 0 Å². The lowest BCUT2D eigenvalue weighted by Crippen LogP contribution is -2.13. The Bertz CT molecular complexity index is 752. The number of hydrogen-bond donors (Lipinski definition) is 2. The molecule has 0 saturated heterocycles. The molecule has 6 nitrogen and oxygen atoms in total. The summed E-state index contributed by atoms with van der Waals surface area (Å²) in [6.07, 6.45) is 0.713. The fourth-order valence-electron chi connectivity index (χ4n) is 2.08. The summed E-state index contributed by atoms with van der Waals surface area (Å²) < 4.78 is 10.4. The lowest BCUT2D eigenvalue weighted by atomic mass is 10.2. The minimum Gasteiger partial charge on any atom is -0.478 e. The van der Waals surface area contributed by atoms with Gasteiger partial charge in [0.25, 0.3) is 5.91 Å². The molecule has 0 aliphatic carbocycles. The van der Waals surface area contributed by atoms with E-state index in [9.17, 15) is 14.7 Å². The van der Waals surface area contributed by atoms with Crippen molar-refractivity contribution in [2.75, 3.05) is 12.1 Å². The normalized spacial score (nSPS) is 12.2. The Morgan fingerprint density at radius 3 is 2.77 bits per heavy atom. The Labute approximate surface area is 130 Å². The quantitative estimate of drug-likeness (QED) is 0.905. The van der Waals surface area contributed by atoms with Crippen LogP contribution in [0.5, 0.6) is 11.5 Å². The number of fused-ring (bicyclic) bond motifs is 1. The van der Waals surface area contributed by atoms with Gasteiger partial charge in [0.05, 0.1) is 5.56 Å². The van der Waals surface area contributed by atoms with Crippen LogP contribution in [0, 0.1) is 0 Å². The third kappa shape index (κ3) is 2.62. The summed E-state index contributed by atoms with van der Waals surface area (Å²) in [6, 6.07) is 6.42. The SMILES string of the molecule is CCc1cc(C(=O)O)c(NC(=O)c2ccc3c(c2)OCO3)s1. The van der Waals surface area contributed by atoms with Gasteiger partial charge in [0.1, 0.15) is 5.00 Å². The zero-order chi connectivity index (χ0) is 15.7. The standard InChI is InChI=1S/C15H13NO5S/c1-2-9-6-10(15(18)19)14(22-9)16-13(17)8-3-4-11-12(5-8)21-7-20-11/h3-6H,2,7H2,1H3,(H,16,17)(H,18,19). The van der Waals surface area contributed by atoms with Crippen molar-refractivity contribution in [2.24, 2.45) is 0 Å². The van der Waals surface area contributed by atoms with Gasteiger partial charge in [0.15, 0.2) is 11.5 Å². The minimum absolute atomic E-state index is 0.107. The van der Waals surface area contributed by atoms with E-state index in [1.807, 2.05) is 6.92 Å². The Hall–Kier alpha value is -2.54. The van der Waals surface area contributed by atoms with Crippen LogP contribution in [-0.2, 0) is 6.42 Å². The summed E-state index contributed by atoms with van der Waals surface area (Å²) in [7, 11) is 0. The number of carbonyl (C=O) groups excluding carboxylic acids is 1. The van der Waals surface area contributed by atoms with Crippen LogP contribution in [0.15, 0.2) is 24.3 Å². The van der Waals surface area contributed by atoms with Gasteiger partial charge in [-0.3, -0.25) is 4.79 Å². The first-order chi connectivity index (χ1) is 10.6. The molecule has 1 aromatic carbocycles. The zero-order valence-corrected chi connectivity index (χ0v) is 12.5. The molecule has 22 heavy (non-hydrogen) atoms. The van der Waals surface area contributed by atoms with E-state index < -0.39 is 5.97 Å². The monoisotopic (exact) mass is 319 g/mol. The number of carboxylic acid groups (broad SMARTS) is 1. The van der Waals surface area contributed by atoms with Crippen molar-refractivity contribution in [3.05, 3.63) is 40.3 Å². The van der Waals surface area contributed by atoms with Crippen LogP contribution in [0.2, 0.25) is 0 Å². The number of benzene rings is 1. The Balaban J connectivity index is 1.85. The lowest BCUT2D eigenvalue weighted by molar-refractivity contribution is 0.0698. The molecule has 7 heteroatoms. The molecule has 0 saturated carbocycles. The van der Waals surface area contributed by atoms with E-state index in [2.05, 4.69) is 5.32 Å². The maximum Gasteiger partial charge on any atom is 0.338 e. The van der Waals surface area contributed by atoms with Crippen molar-refractivity contribution in [3.8, 4) is 11.5 Å². The largest absolute Gasteiger partial charge is 0.478 e. The van der Waals surface area contributed by atoms with E-state index >= 15 is 0 Å². The Morgan fingerprint density at radius 1 is 1.27 bits per heavy atom. The number of nitrogens with one attached hydrogen (secondary N) is 1. The number of ether oxygens (including phenoxy) is 2. The van der Waals surface area contributed by atoms with Crippen LogP contribution >= 0.6 is 11.3 Å². The molecular formula is C15H13NO5S. The smallest absolute Gasteiger partial charge is 0.338 e. The third-order valence-corrected chi connectivity index (χ3v) is 4.42. The molecule has 0 atom stereocenters. The predicted molar refractivity (Wildman–Crippen MR) is 81.2 cm³/mol. The van der Waals surface area contributed by atoms with Gasteiger partial charge in [-0.15, -0.1) is 11.3 Å². The fraction of sp³-hybridized carbons (Fsp3) is 0.200. The summed E-state index contributed by atoms with van der Waals surface area (Å²) in [4.78, 5) is 24.4. The van der Waals surface area contributed by atoms with Crippen molar-refractivity contribution >= 4 is 28.2 Å². The lowest BCUT2D eigenvalue weighted by Gasteiger charge is -2.05. The Morgan fingerprint density at radius 2 is 2.05 bits per heavy atom. The number of amides is 1. The van der Waals surface area contributed by atoms with E-state index in [0.29, 0.717) is 28.5 Å². The molecule has 3 rings (SSSR count). The van der Waals surface area contributed by atoms with Crippen molar-refractivity contribution in [1.82, 2.24) is 0 Å². The molecule has 0 bridgehead atoms. The van der Waals surface area contributed by atoms with E-state index in [0.717, 1.165) is 4.88 Å². The predicted octanol–water partition coefficient (Wildman–Crippen LogP) is 2.99. The van der Waals surface area contributed by atoms with Gasteiger partial charge in [-0.2, -0.15) is 0 Å². The fourth-order valence-corrected chi connectivity index (χ4v) is 3.06. The summed E-state index contributed by atoms with van der Waals surface area (Å²) in [6.45, 7) is 2.06. The third-order valence-electron chi connectivity index (χ3n) is 3.22. The second-order valence-electron chi connectivity index (χ2n) is 4.64. The topological polar surface area (TPSA) is 84.9 Å². The number of rotatable bonds is 4. The molecule has 114 valence electrons. The summed E-state index contributed by atoms with van der Waals surface area (Å²) in [5.41, 5.74) is 0.489. The molecule has 2 aromatic rings. The van der Waals surface area contributed by atoms with Gasteiger partial charge in [0.2, 0.25) is 6.79 Å². The Kier molecular flexibility index (Phi) is 3.72. The van der Waals surface area contributed by atoms with E-state index in [1.54, 1.807) is 24.3 Å². The van der Waals surface area contributed by atoms with Crippen LogP contribution < -0.4 is 14.8 Å². The van der Waals surface area contributed by atoms with Crippen LogP contribution in [0.1, 0.15) is 32.5 Å². The molecule has 0 fully saturated rings. The number of aromatic carboxylic acids is 1. The molecular weight excluding hydrogens is 306 g/mol. The number of hydrogen-bond acceptors (Lipinski definition) is 5. The van der Waals surface area contributed by atoms with E-state index in [-0.39, 0.29) is 18.3 Å². The van der Waals surface area contributed by atoms with Gasteiger partial charge in [0, 0.05) is 10.4 Å². The molecule has 1 amide bonds. The highest BCUT2D eigenvalue weighted by atomic mass is 32.1. The number of carbonyl (C=O) groups is 2. The van der Waals surface area contributed by atoms with E-state index in [1.165, 1.54) is 11.3 Å². The first-order valence-corrected chi connectivity index (χ1v) is 7.47. The second-order valence-corrected chi connectivity index (χ2v) is 5.77. The van der Waals surface area contributed by atoms with Gasteiger partial charge in [-0.05, 0) is 30.7 Å². The molecule has 2 heterocycles. The highest BCUT2D eigenvalue weighted by Crippen LogP contribution is 2.33. The summed E-state index contributed by atoms with van der Waals surface area (Å²) >= 11 is 1.27. The maximum atomic E-state index is 12.3. The second kappa shape index (κ2) is 5.69. The average molecular weight is 319 g/mol. The van der Waals surface area contributed by atoms with Gasteiger partial charge in [-0.1, -0.05) is 6.92 Å². The number of anilines is 1. The number of thiophene rings is 1. The highest BCUT2D eigenvalue weighted by molar-refractivity contribution is 7.16. The van der Waals surface area contributed by atoms with Crippen LogP contribution in [0.25, 0.3) is 0 Å². The summed E-state index contributed by atoms with van der Waals surface area (Å²) in [5.74, 6) is -0.346. The average Bonchev–Trinajstić information content (AvgIpc) is 3.12. The zero-order valence-electron chi connectivity index (χ0n) is 11.7. The van der Waals surface area contributed by atoms with Crippen LogP contribution in [0.4, 0.5) is 5.00 Å². The van der Waals surface area contributed by atoms with Gasteiger partial charge < -0.3 is 19.9 Å². The maximum absolute atomic E-state index is 12.3. The van der Waals surface area contributed by atoms with Crippen molar-refractivity contribution in [2.45, 2.75) is 13.3 Å². The molecule has 0 unspecified atom stereocenters. The van der Waals surface area contributed by atoms with Crippen molar-refractivity contribution in [3.63, 3.8) is 0 Å². The molecule has 2 N–H and O–H groups in total. The molecule has 1 aliphatic rings.